The Morgan fingerprint density at radius 2 is 2.05 bits per heavy atom. The lowest BCUT2D eigenvalue weighted by atomic mass is 10.0. The van der Waals surface area contributed by atoms with E-state index in [4.69, 9.17) is 0 Å². The number of aromatic amines is 1. The third-order valence-corrected chi connectivity index (χ3v) is 3.74. The second kappa shape index (κ2) is 4.57. The van der Waals surface area contributed by atoms with Crippen LogP contribution in [0.25, 0.3) is 0 Å². The Hall–Kier alpha value is -2.03. The standard InChI is InChI=1S/C16H18N2O/c1-11-10-14(12(2)17-11)16(19)18-9-5-7-13-6-3-4-8-15(13)18/h3-4,6,8,10,17H,5,7,9H2,1-2H3. The van der Waals surface area contributed by atoms with Crippen molar-refractivity contribution < 1.29 is 4.79 Å². The van der Waals surface area contributed by atoms with Crippen LogP contribution in [-0.2, 0) is 6.42 Å². The number of rotatable bonds is 1. The molecule has 98 valence electrons. The van der Waals surface area contributed by atoms with Gasteiger partial charge in [-0.1, -0.05) is 18.2 Å². The van der Waals surface area contributed by atoms with E-state index in [9.17, 15) is 4.79 Å². The minimum absolute atomic E-state index is 0.106. The van der Waals surface area contributed by atoms with Crippen molar-refractivity contribution in [2.75, 3.05) is 11.4 Å². The van der Waals surface area contributed by atoms with E-state index in [-0.39, 0.29) is 5.91 Å². The Labute approximate surface area is 113 Å². The molecule has 3 nitrogen and oxygen atoms in total. The number of amides is 1. The highest BCUT2D eigenvalue weighted by Crippen LogP contribution is 2.28. The summed E-state index contributed by atoms with van der Waals surface area (Å²) in [6.07, 6.45) is 2.09. The summed E-state index contributed by atoms with van der Waals surface area (Å²) in [5, 5.41) is 0. The molecule has 1 aliphatic heterocycles. The van der Waals surface area contributed by atoms with Gasteiger partial charge in [-0.3, -0.25) is 4.79 Å². The van der Waals surface area contributed by atoms with Crippen LogP contribution in [0.5, 0.6) is 0 Å². The predicted octanol–water partition coefficient (Wildman–Crippen LogP) is 3.22. The molecule has 1 amide bonds. The molecule has 0 spiro atoms. The molecule has 0 aliphatic carbocycles. The van der Waals surface area contributed by atoms with Crippen molar-refractivity contribution in [1.82, 2.24) is 4.98 Å². The number of carbonyl (C=O) groups excluding carboxylic acids is 1. The van der Waals surface area contributed by atoms with Crippen LogP contribution in [0.3, 0.4) is 0 Å². The van der Waals surface area contributed by atoms with Gasteiger partial charge in [-0.15, -0.1) is 0 Å². The number of fused-ring (bicyclic) bond motifs is 1. The number of benzene rings is 1. The van der Waals surface area contributed by atoms with Gasteiger partial charge in [0.2, 0.25) is 0 Å². The summed E-state index contributed by atoms with van der Waals surface area (Å²) in [5.41, 5.74) is 5.11. The van der Waals surface area contributed by atoms with Crippen molar-refractivity contribution in [2.45, 2.75) is 26.7 Å². The maximum Gasteiger partial charge on any atom is 0.260 e. The van der Waals surface area contributed by atoms with Gasteiger partial charge in [-0.05, 0) is 44.4 Å². The second-order valence-electron chi connectivity index (χ2n) is 5.18. The molecule has 0 radical (unpaired) electrons. The molecular weight excluding hydrogens is 236 g/mol. The Morgan fingerprint density at radius 3 is 2.79 bits per heavy atom. The van der Waals surface area contributed by atoms with Crippen LogP contribution in [0.4, 0.5) is 5.69 Å². The van der Waals surface area contributed by atoms with E-state index in [2.05, 4.69) is 11.1 Å². The van der Waals surface area contributed by atoms with E-state index in [0.29, 0.717) is 0 Å². The second-order valence-corrected chi connectivity index (χ2v) is 5.18. The van der Waals surface area contributed by atoms with Gasteiger partial charge in [0.25, 0.3) is 5.91 Å². The van der Waals surface area contributed by atoms with E-state index in [1.54, 1.807) is 0 Å². The van der Waals surface area contributed by atoms with Gasteiger partial charge in [0.15, 0.2) is 0 Å². The summed E-state index contributed by atoms with van der Waals surface area (Å²) < 4.78 is 0. The lowest BCUT2D eigenvalue weighted by Crippen LogP contribution is -2.35. The number of nitrogens with zero attached hydrogens (tertiary/aromatic N) is 1. The molecule has 1 aliphatic rings. The number of aromatic nitrogens is 1. The van der Waals surface area contributed by atoms with E-state index in [1.807, 2.05) is 43.0 Å². The molecule has 0 bridgehead atoms. The molecule has 0 atom stereocenters. The largest absolute Gasteiger partial charge is 0.362 e. The molecule has 0 saturated heterocycles. The number of anilines is 1. The van der Waals surface area contributed by atoms with Crippen LogP contribution >= 0.6 is 0 Å². The first kappa shape index (κ1) is 12.0. The van der Waals surface area contributed by atoms with Crippen LogP contribution in [-0.4, -0.2) is 17.4 Å². The highest BCUT2D eigenvalue weighted by atomic mass is 16.2. The minimum atomic E-state index is 0.106. The normalized spacial score (nSPS) is 14.3. The minimum Gasteiger partial charge on any atom is -0.362 e. The van der Waals surface area contributed by atoms with E-state index in [0.717, 1.165) is 42.0 Å². The average Bonchev–Trinajstić information content (AvgIpc) is 2.76. The van der Waals surface area contributed by atoms with Gasteiger partial charge in [-0.2, -0.15) is 0 Å². The maximum atomic E-state index is 12.7. The molecule has 0 saturated carbocycles. The molecule has 3 heteroatoms. The Balaban J connectivity index is 2.00. The number of para-hydroxylation sites is 1. The van der Waals surface area contributed by atoms with Gasteiger partial charge in [0, 0.05) is 23.6 Å². The summed E-state index contributed by atoms with van der Waals surface area (Å²) >= 11 is 0. The Kier molecular flexibility index (Phi) is 2.90. The van der Waals surface area contributed by atoms with Gasteiger partial charge in [0.05, 0.1) is 5.56 Å². The van der Waals surface area contributed by atoms with Crippen LogP contribution in [0, 0.1) is 13.8 Å². The van der Waals surface area contributed by atoms with E-state index < -0.39 is 0 Å². The van der Waals surface area contributed by atoms with Gasteiger partial charge in [-0.25, -0.2) is 0 Å². The quantitative estimate of drug-likeness (QED) is 0.833. The number of aryl methyl sites for hydroxylation is 3. The average molecular weight is 254 g/mol. The van der Waals surface area contributed by atoms with Crippen LogP contribution < -0.4 is 4.90 Å². The highest BCUT2D eigenvalue weighted by molar-refractivity contribution is 6.07. The third kappa shape index (κ3) is 2.05. The lowest BCUT2D eigenvalue weighted by Gasteiger charge is -2.29. The Morgan fingerprint density at radius 1 is 1.26 bits per heavy atom. The highest BCUT2D eigenvalue weighted by Gasteiger charge is 2.24. The number of hydrogen-bond donors (Lipinski definition) is 1. The zero-order chi connectivity index (χ0) is 13.4. The fourth-order valence-corrected chi connectivity index (χ4v) is 2.84. The molecule has 2 aromatic rings. The van der Waals surface area contributed by atoms with Crippen molar-refractivity contribution in [2.24, 2.45) is 0 Å². The van der Waals surface area contributed by atoms with Crippen molar-refractivity contribution in [1.29, 1.82) is 0 Å². The Bertz CT molecular complexity index is 627. The molecule has 2 heterocycles. The van der Waals surface area contributed by atoms with Gasteiger partial charge < -0.3 is 9.88 Å². The lowest BCUT2D eigenvalue weighted by molar-refractivity contribution is 0.0984. The molecule has 3 rings (SSSR count). The molecule has 1 aromatic carbocycles. The van der Waals surface area contributed by atoms with Gasteiger partial charge in [0.1, 0.15) is 0 Å². The third-order valence-electron chi connectivity index (χ3n) is 3.74. The fraction of sp³-hybridized carbons (Fsp3) is 0.312. The molecule has 0 unspecified atom stereocenters. The number of carbonyl (C=O) groups is 1. The molecule has 1 N–H and O–H groups in total. The van der Waals surface area contributed by atoms with Crippen LogP contribution in [0.1, 0.15) is 33.7 Å². The van der Waals surface area contributed by atoms with E-state index >= 15 is 0 Å². The molecule has 1 aromatic heterocycles. The SMILES string of the molecule is Cc1cc(C(=O)N2CCCc3ccccc32)c(C)[nH]1. The summed E-state index contributed by atoms with van der Waals surface area (Å²) in [6, 6.07) is 10.1. The maximum absolute atomic E-state index is 12.7. The first-order valence-electron chi connectivity index (χ1n) is 6.73. The smallest absolute Gasteiger partial charge is 0.260 e. The zero-order valence-corrected chi connectivity index (χ0v) is 11.4. The van der Waals surface area contributed by atoms with Crippen molar-refractivity contribution >= 4 is 11.6 Å². The summed E-state index contributed by atoms with van der Waals surface area (Å²) in [7, 11) is 0. The molecule has 0 fully saturated rings. The van der Waals surface area contributed by atoms with E-state index in [1.165, 1.54) is 5.56 Å². The van der Waals surface area contributed by atoms with Crippen molar-refractivity contribution in [3.63, 3.8) is 0 Å². The predicted molar refractivity (Wildman–Crippen MR) is 76.7 cm³/mol. The molecular formula is C16H18N2O. The first-order chi connectivity index (χ1) is 9.16. The van der Waals surface area contributed by atoms with Crippen molar-refractivity contribution in [3.05, 3.63) is 52.8 Å². The first-order valence-corrected chi connectivity index (χ1v) is 6.73. The summed E-state index contributed by atoms with van der Waals surface area (Å²) in [4.78, 5) is 17.8. The summed E-state index contributed by atoms with van der Waals surface area (Å²) in [6.45, 7) is 4.74. The monoisotopic (exact) mass is 254 g/mol. The van der Waals surface area contributed by atoms with Crippen LogP contribution in [0.15, 0.2) is 30.3 Å². The molecule has 19 heavy (non-hydrogen) atoms. The van der Waals surface area contributed by atoms with Crippen molar-refractivity contribution in [3.8, 4) is 0 Å². The number of hydrogen-bond acceptors (Lipinski definition) is 1. The van der Waals surface area contributed by atoms with Crippen LogP contribution in [0.2, 0.25) is 0 Å². The fourth-order valence-electron chi connectivity index (χ4n) is 2.84. The summed E-state index contributed by atoms with van der Waals surface area (Å²) in [5.74, 6) is 0.106. The van der Waals surface area contributed by atoms with Gasteiger partial charge >= 0.3 is 0 Å². The zero-order valence-electron chi connectivity index (χ0n) is 11.4. The number of nitrogens with one attached hydrogen (secondary N) is 1. The number of H-pyrrole nitrogens is 1. The topological polar surface area (TPSA) is 36.1 Å².